The van der Waals surface area contributed by atoms with Crippen LogP contribution >= 0.6 is 0 Å². The van der Waals surface area contributed by atoms with Crippen LogP contribution in [0.3, 0.4) is 0 Å². The molecule has 1 N–H and O–H groups in total. The van der Waals surface area contributed by atoms with E-state index >= 15 is 0 Å². The summed E-state index contributed by atoms with van der Waals surface area (Å²) in [6.45, 7) is 4.09. The molecule has 4 aromatic rings. The molecule has 188 valence electrons. The second kappa shape index (κ2) is 10.9. The van der Waals surface area contributed by atoms with Crippen molar-refractivity contribution < 1.29 is 9.47 Å². The lowest BCUT2D eigenvalue weighted by Gasteiger charge is -2.17. The van der Waals surface area contributed by atoms with Gasteiger partial charge < -0.3 is 14.8 Å². The maximum absolute atomic E-state index is 5.97. The van der Waals surface area contributed by atoms with Gasteiger partial charge in [0.2, 0.25) is 5.95 Å². The molecule has 6 rings (SSSR count). The van der Waals surface area contributed by atoms with Gasteiger partial charge in [-0.05, 0) is 93.0 Å². The van der Waals surface area contributed by atoms with E-state index in [4.69, 9.17) is 19.6 Å². The number of nitrogens with zero attached hydrogens (tertiary/aromatic N) is 4. The summed E-state index contributed by atoms with van der Waals surface area (Å²) in [5.74, 6) is 3.34. The Bertz CT molecular complexity index is 1390. The third-order valence-electron chi connectivity index (χ3n) is 6.80. The molecule has 1 aliphatic heterocycles. The van der Waals surface area contributed by atoms with Crippen LogP contribution in [0, 0.1) is 0 Å². The van der Waals surface area contributed by atoms with Crippen molar-refractivity contribution in [3.05, 3.63) is 102 Å². The summed E-state index contributed by atoms with van der Waals surface area (Å²) in [4.78, 5) is 7.14. The Morgan fingerprint density at radius 3 is 2.51 bits per heavy atom. The number of rotatable bonds is 9. The first-order valence-corrected chi connectivity index (χ1v) is 13.0. The number of ether oxygens (including phenoxy) is 2. The standard InChI is InChI=1S/C30H31N5O2/c1-2-7-26(8-3-1)37-27-15-11-23(12-16-27)28-9-6-10-29-32-30(33-35(28)29)31-24-13-17-25(18-14-24)36-22-21-34-19-4-5-20-34/h1-3,6-11,13-18,23H,4-5,12,19-22H2,(H,31,33). The van der Waals surface area contributed by atoms with E-state index in [0.29, 0.717) is 12.6 Å². The minimum absolute atomic E-state index is 0.193. The summed E-state index contributed by atoms with van der Waals surface area (Å²) in [6, 6.07) is 23.9. The van der Waals surface area contributed by atoms with Crippen molar-refractivity contribution in [1.82, 2.24) is 19.5 Å². The summed E-state index contributed by atoms with van der Waals surface area (Å²) in [7, 11) is 0. The fourth-order valence-corrected chi connectivity index (χ4v) is 4.84. The van der Waals surface area contributed by atoms with Crippen LogP contribution in [0.5, 0.6) is 11.5 Å². The molecular formula is C30H31N5O2. The molecule has 0 saturated carbocycles. The van der Waals surface area contributed by atoms with Gasteiger partial charge in [0.25, 0.3) is 0 Å². The summed E-state index contributed by atoms with van der Waals surface area (Å²) < 4.78 is 13.8. The second-order valence-corrected chi connectivity index (χ2v) is 9.43. The van der Waals surface area contributed by atoms with Crippen molar-refractivity contribution in [2.45, 2.75) is 25.2 Å². The molecule has 37 heavy (non-hydrogen) atoms. The number of hydrogen-bond donors (Lipinski definition) is 1. The predicted molar refractivity (Wildman–Crippen MR) is 146 cm³/mol. The third kappa shape index (κ3) is 5.67. The summed E-state index contributed by atoms with van der Waals surface area (Å²) in [5, 5.41) is 8.09. The molecule has 0 bridgehead atoms. The fraction of sp³-hybridized carbons (Fsp3) is 0.267. The first kappa shape index (κ1) is 23.3. The highest BCUT2D eigenvalue weighted by molar-refractivity contribution is 5.57. The van der Waals surface area contributed by atoms with Crippen molar-refractivity contribution in [3.8, 4) is 11.5 Å². The van der Waals surface area contributed by atoms with E-state index in [9.17, 15) is 0 Å². The van der Waals surface area contributed by atoms with Crippen molar-refractivity contribution in [2.75, 3.05) is 31.6 Å². The number of para-hydroxylation sites is 1. The van der Waals surface area contributed by atoms with Gasteiger partial charge in [-0.2, -0.15) is 4.98 Å². The van der Waals surface area contributed by atoms with Crippen LogP contribution in [0.2, 0.25) is 0 Å². The van der Waals surface area contributed by atoms with Gasteiger partial charge in [-0.3, -0.25) is 4.90 Å². The first-order chi connectivity index (χ1) is 18.3. The predicted octanol–water partition coefficient (Wildman–Crippen LogP) is 5.95. The molecule has 0 spiro atoms. The zero-order valence-electron chi connectivity index (χ0n) is 20.8. The van der Waals surface area contributed by atoms with Gasteiger partial charge >= 0.3 is 0 Å². The number of aromatic nitrogens is 3. The second-order valence-electron chi connectivity index (χ2n) is 9.43. The lowest BCUT2D eigenvalue weighted by Crippen LogP contribution is -2.25. The van der Waals surface area contributed by atoms with E-state index in [0.717, 1.165) is 47.3 Å². The third-order valence-corrected chi connectivity index (χ3v) is 6.80. The summed E-state index contributed by atoms with van der Waals surface area (Å²) >= 11 is 0. The molecule has 2 aliphatic rings. The Morgan fingerprint density at radius 1 is 0.892 bits per heavy atom. The molecule has 2 aromatic heterocycles. The topological polar surface area (TPSA) is 63.9 Å². The number of allylic oxidation sites excluding steroid dienone is 3. The molecule has 1 aliphatic carbocycles. The molecule has 7 nitrogen and oxygen atoms in total. The van der Waals surface area contributed by atoms with Gasteiger partial charge in [-0.15, -0.1) is 5.10 Å². The highest BCUT2D eigenvalue weighted by Crippen LogP contribution is 2.29. The average Bonchev–Trinajstić information content (AvgIpc) is 3.60. The van der Waals surface area contributed by atoms with Crippen LogP contribution in [-0.4, -0.2) is 45.7 Å². The molecule has 1 fully saturated rings. The zero-order valence-corrected chi connectivity index (χ0v) is 20.8. The number of likely N-dealkylation sites (tertiary alicyclic amines) is 1. The minimum atomic E-state index is 0.193. The molecule has 0 amide bonds. The van der Waals surface area contributed by atoms with Crippen molar-refractivity contribution >= 4 is 17.3 Å². The number of nitrogens with one attached hydrogen (secondary N) is 1. The van der Waals surface area contributed by atoms with E-state index in [1.54, 1.807) is 0 Å². The lowest BCUT2D eigenvalue weighted by molar-refractivity contribution is 0.238. The first-order valence-electron chi connectivity index (χ1n) is 13.0. The van der Waals surface area contributed by atoms with Crippen LogP contribution in [0.1, 0.15) is 30.9 Å². The molecule has 3 heterocycles. The quantitative estimate of drug-likeness (QED) is 0.311. The van der Waals surface area contributed by atoms with Crippen molar-refractivity contribution in [3.63, 3.8) is 0 Å². The van der Waals surface area contributed by atoms with Gasteiger partial charge in [0, 0.05) is 18.2 Å². The van der Waals surface area contributed by atoms with E-state index in [2.05, 4.69) is 28.4 Å². The number of pyridine rings is 1. The van der Waals surface area contributed by atoms with Gasteiger partial charge in [0.1, 0.15) is 23.9 Å². The normalized spacial score (nSPS) is 17.6. The molecule has 0 radical (unpaired) electrons. The molecule has 1 saturated heterocycles. The molecular weight excluding hydrogens is 462 g/mol. The van der Waals surface area contributed by atoms with E-state index in [-0.39, 0.29) is 5.92 Å². The lowest BCUT2D eigenvalue weighted by atomic mass is 9.96. The van der Waals surface area contributed by atoms with E-state index < -0.39 is 0 Å². The Kier molecular flexibility index (Phi) is 6.86. The van der Waals surface area contributed by atoms with Crippen LogP contribution < -0.4 is 14.8 Å². The Morgan fingerprint density at radius 2 is 1.73 bits per heavy atom. The van der Waals surface area contributed by atoms with Crippen LogP contribution in [0.4, 0.5) is 11.6 Å². The number of hydrogen-bond acceptors (Lipinski definition) is 6. The Balaban J connectivity index is 1.09. The number of anilines is 2. The maximum atomic E-state index is 5.97. The van der Waals surface area contributed by atoms with Crippen LogP contribution in [0.25, 0.3) is 5.65 Å². The highest BCUT2D eigenvalue weighted by atomic mass is 16.5. The van der Waals surface area contributed by atoms with E-state index in [1.165, 1.54) is 25.9 Å². The van der Waals surface area contributed by atoms with Gasteiger partial charge in [-0.25, -0.2) is 4.52 Å². The molecule has 1 unspecified atom stereocenters. The van der Waals surface area contributed by atoms with Gasteiger partial charge in [-0.1, -0.05) is 30.3 Å². The minimum Gasteiger partial charge on any atom is -0.492 e. The number of fused-ring (bicyclic) bond motifs is 1. The molecule has 7 heteroatoms. The Hall–Kier alpha value is -4.10. The van der Waals surface area contributed by atoms with Gasteiger partial charge in [0.05, 0.1) is 5.69 Å². The smallest absolute Gasteiger partial charge is 0.247 e. The maximum Gasteiger partial charge on any atom is 0.247 e. The van der Waals surface area contributed by atoms with Crippen molar-refractivity contribution in [1.29, 1.82) is 0 Å². The molecule has 2 aromatic carbocycles. The van der Waals surface area contributed by atoms with Gasteiger partial charge in [0.15, 0.2) is 5.65 Å². The fourth-order valence-electron chi connectivity index (χ4n) is 4.84. The van der Waals surface area contributed by atoms with Crippen LogP contribution in [0.15, 0.2) is 96.8 Å². The zero-order chi connectivity index (χ0) is 24.9. The summed E-state index contributed by atoms with van der Waals surface area (Å²) in [5.41, 5.74) is 2.82. The summed E-state index contributed by atoms with van der Waals surface area (Å²) in [6.07, 6.45) is 9.77. The molecule has 1 atom stereocenters. The van der Waals surface area contributed by atoms with Crippen LogP contribution in [-0.2, 0) is 0 Å². The SMILES string of the molecule is C1=CC(c2cccc3nc(Nc4ccc(OCCN5CCCC5)cc4)nn23)CC=C1Oc1ccccc1. The Labute approximate surface area is 217 Å². The number of benzene rings is 2. The van der Waals surface area contributed by atoms with E-state index in [1.807, 2.05) is 77.3 Å². The monoisotopic (exact) mass is 493 g/mol. The van der Waals surface area contributed by atoms with Crippen molar-refractivity contribution in [2.24, 2.45) is 0 Å². The average molecular weight is 494 g/mol. The highest BCUT2D eigenvalue weighted by Gasteiger charge is 2.17. The largest absolute Gasteiger partial charge is 0.492 e.